The summed E-state index contributed by atoms with van der Waals surface area (Å²) in [5, 5.41) is 11.7. The first kappa shape index (κ1) is 15.3. The summed E-state index contributed by atoms with van der Waals surface area (Å²) >= 11 is 0. The largest absolute Gasteiger partial charge is 0.480 e. The van der Waals surface area contributed by atoms with Crippen molar-refractivity contribution in [3.63, 3.8) is 0 Å². The van der Waals surface area contributed by atoms with E-state index in [-0.39, 0.29) is 0 Å². The van der Waals surface area contributed by atoms with E-state index in [4.69, 9.17) is 9.84 Å². The maximum Gasteiger partial charge on any atom is 0.318 e. The fraction of sp³-hybridized carbons (Fsp3) is 0.467. The van der Waals surface area contributed by atoms with Crippen LogP contribution in [0, 0.1) is 5.41 Å². The Morgan fingerprint density at radius 3 is 2.29 bits per heavy atom. The normalized spacial score (nSPS) is 15.6. The smallest absolute Gasteiger partial charge is 0.318 e. The number of carboxylic acid groups (broad SMARTS) is 1. The molecule has 0 unspecified atom stereocenters. The molecule has 1 saturated heterocycles. The number of nitrogens with zero attached hydrogens (tertiary/aromatic N) is 1. The van der Waals surface area contributed by atoms with Crippen molar-refractivity contribution in [2.45, 2.75) is 13.8 Å². The van der Waals surface area contributed by atoms with Crippen LogP contribution in [0.3, 0.4) is 0 Å². The molecule has 1 fully saturated rings. The van der Waals surface area contributed by atoms with Gasteiger partial charge in [-0.05, 0) is 38.1 Å². The lowest BCUT2D eigenvalue weighted by Gasteiger charge is -2.29. The summed E-state index contributed by atoms with van der Waals surface area (Å²) in [6.07, 6.45) is 0. The number of hydrogen-bond donors (Lipinski definition) is 2. The topological polar surface area (TPSA) is 78.9 Å². The summed E-state index contributed by atoms with van der Waals surface area (Å²) in [6, 6.07) is 7.38. The standard InChI is InChI=1S/C15H20N2O4/c1-15(2,14(19)20)13(18)16-11-3-5-12(6-4-11)17-7-9-21-10-8-17/h3-6H,7-10H2,1-2H3,(H,16,18)(H,19,20). The van der Waals surface area contributed by atoms with Gasteiger partial charge in [-0.3, -0.25) is 9.59 Å². The van der Waals surface area contributed by atoms with Crippen molar-refractivity contribution < 1.29 is 19.4 Å². The molecule has 0 aromatic heterocycles. The van der Waals surface area contributed by atoms with Gasteiger partial charge in [-0.25, -0.2) is 0 Å². The number of ether oxygens (including phenoxy) is 1. The molecule has 2 N–H and O–H groups in total. The predicted molar refractivity (Wildman–Crippen MR) is 79.5 cm³/mol. The highest BCUT2D eigenvalue weighted by Crippen LogP contribution is 2.22. The predicted octanol–water partition coefficient (Wildman–Crippen LogP) is 1.57. The van der Waals surface area contributed by atoms with Gasteiger partial charge >= 0.3 is 5.97 Å². The van der Waals surface area contributed by atoms with Gasteiger partial charge in [0.05, 0.1) is 13.2 Å². The van der Waals surface area contributed by atoms with E-state index >= 15 is 0 Å². The molecule has 0 bridgehead atoms. The Morgan fingerprint density at radius 2 is 1.76 bits per heavy atom. The number of hydrogen-bond acceptors (Lipinski definition) is 4. The van der Waals surface area contributed by atoms with Crippen LogP contribution in [0.2, 0.25) is 0 Å². The van der Waals surface area contributed by atoms with E-state index in [2.05, 4.69) is 10.2 Å². The van der Waals surface area contributed by atoms with Gasteiger partial charge in [-0.1, -0.05) is 0 Å². The zero-order chi connectivity index (χ0) is 15.5. The summed E-state index contributed by atoms with van der Waals surface area (Å²) in [4.78, 5) is 25.2. The quantitative estimate of drug-likeness (QED) is 0.824. The highest BCUT2D eigenvalue weighted by molar-refractivity contribution is 6.07. The van der Waals surface area contributed by atoms with E-state index in [1.165, 1.54) is 13.8 Å². The van der Waals surface area contributed by atoms with E-state index in [0.29, 0.717) is 18.9 Å². The number of amides is 1. The first-order valence-electron chi connectivity index (χ1n) is 6.89. The molecule has 6 heteroatoms. The van der Waals surface area contributed by atoms with Crippen molar-refractivity contribution in [1.82, 2.24) is 0 Å². The third-order valence-corrected chi connectivity index (χ3v) is 3.60. The molecular formula is C15H20N2O4. The molecule has 1 amide bonds. The van der Waals surface area contributed by atoms with Crippen LogP contribution in [0.4, 0.5) is 11.4 Å². The Labute approximate surface area is 123 Å². The molecule has 2 rings (SSSR count). The van der Waals surface area contributed by atoms with E-state index in [1.807, 2.05) is 12.1 Å². The van der Waals surface area contributed by atoms with Gasteiger partial charge in [0, 0.05) is 24.5 Å². The molecule has 6 nitrogen and oxygen atoms in total. The van der Waals surface area contributed by atoms with Crippen molar-refractivity contribution in [2.24, 2.45) is 5.41 Å². The second kappa shape index (κ2) is 6.13. The fourth-order valence-corrected chi connectivity index (χ4v) is 1.96. The van der Waals surface area contributed by atoms with E-state index in [9.17, 15) is 9.59 Å². The molecule has 0 spiro atoms. The molecule has 0 aliphatic carbocycles. The highest BCUT2D eigenvalue weighted by atomic mass is 16.5. The number of aliphatic carboxylic acids is 1. The van der Waals surface area contributed by atoms with Crippen molar-refractivity contribution in [3.05, 3.63) is 24.3 Å². The summed E-state index contributed by atoms with van der Waals surface area (Å²) in [6.45, 7) is 5.88. The number of carboxylic acids is 1. The van der Waals surface area contributed by atoms with Gasteiger partial charge in [-0.2, -0.15) is 0 Å². The van der Waals surface area contributed by atoms with Gasteiger partial charge in [0.25, 0.3) is 0 Å². The first-order valence-corrected chi connectivity index (χ1v) is 6.89. The Hall–Kier alpha value is -2.08. The summed E-state index contributed by atoms with van der Waals surface area (Å²) in [7, 11) is 0. The number of nitrogens with one attached hydrogen (secondary N) is 1. The number of anilines is 2. The average molecular weight is 292 g/mol. The maximum atomic E-state index is 11.9. The Balaban J connectivity index is 2.02. The molecule has 1 aliphatic heterocycles. The molecule has 1 aliphatic rings. The monoisotopic (exact) mass is 292 g/mol. The van der Waals surface area contributed by atoms with E-state index < -0.39 is 17.3 Å². The van der Waals surface area contributed by atoms with Crippen LogP contribution in [0.15, 0.2) is 24.3 Å². The number of rotatable bonds is 4. The summed E-state index contributed by atoms with van der Waals surface area (Å²) in [5.74, 6) is -1.68. The lowest BCUT2D eigenvalue weighted by molar-refractivity contribution is -0.151. The molecule has 0 atom stereocenters. The fourth-order valence-electron chi connectivity index (χ4n) is 1.96. The van der Waals surface area contributed by atoms with Crippen LogP contribution in [-0.4, -0.2) is 43.3 Å². The van der Waals surface area contributed by atoms with Crippen molar-refractivity contribution in [2.75, 3.05) is 36.5 Å². The van der Waals surface area contributed by atoms with Crippen molar-refractivity contribution in [1.29, 1.82) is 0 Å². The second-order valence-electron chi connectivity index (χ2n) is 5.53. The number of benzene rings is 1. The van der Waals surface area contributed by atoms with Crippen LogP contribution in [-0.2, 0) is 14.3 Å². The van der Waals surface area contributed by atoms with Gasteiger partial charge < -0.3 is 20.1 Å². The minimum atomic E-state index is -1.46. The minimum Gasteiger partial charge on any atom is -0.480 e. The molecule has 0 radical (unpaired) electrons. The third kappa shape index (κ3) is 3.52. The molecule has 1 aromatic carbocycles. The maximum absolute atomic E-state index is 11.9. The lowest BCUT2D eigenvalue weighted by atomic mass is 9.92. The molecule has 0 saturated carbocycles. The van der Waals surface area contributed by atoms with Crippen molar-refractivity contribution in [3.8, 4) is 0 Å². The minimum absolute atomic E-state index is 0.533. The Kier molecular flexibility index (Phi) is 4.47. The van der Waals surface area contributed by atoms with Crippen molar-refractivity contribution >= 4 is 23.3 Å². The Bertz CT molecular complexity index is 519. The SMILES string of the molecule is CC(C)(C(=O)O)C(=O)Nc1ccc(N2CCOCC2)cc1. The number of morpholine rings is 1. The summed E-state index contributed by atoms with van der Waals surface area (Å²) < 4.78 is 5.30. The lowest BCUT2D eigenvalue weighted by Crippen LogP contribution is -2.38. The number of carbonyl (C=O) groups excluding carboxylic acids is 1. The van der Waals surface area contributed by atoms with Gasteiger partial charge in [0.15, 0.2) is 0 Å². The third-order valence-electron chi connectivity index (χ3n) is 3.60. The van der Waals surface area contributed by atoms with Gasteiger partial charge in [0.1, 0.15) is 5.41 Å². The highest BCUT2D eigenvalue weighted by Gasteiger charge is 2.35. The van der Waals surface area contributed by atoms with Crippen LogP contribution < -0.4 is 10.2 Å². The van der Waals surface area contributed by atoms with E-state index in [0.717, 1.165) is 18.8 Å². The van der Waals surface area contributed by atoms with Gasteiger partial charge in [0.2, 0.25) is 5.91 Å². The van der Waals surface area contributed by atoms with Crippen LogP contribution in [0.5, 0.6) is 0 Å². The zero-order valence-electron chi connectivity index (χ0n) is 12.3. The zero-order valence-corrected chi connectivity index (χ0v) is 12.3. The molecule has 114 valence electrons. The molecule has 1 heterocycles. The first-order chi connectivity index (χ1) is 9.91. The second-order valence-corrected chi connectivity index (χ2v) is 5.53. The van der Waals surface area contributed by atoms with Crippen LogP contribution in [0.25, 0.3) is 0 Å². The van der Waals surface area contributed by atoms with Crippen LogP contribution in [0.1, 0.15) is 13.8 Å². The molecule has 1 aromatic rings. The molecular weight excluding hydrogens is 272 g/mol. The van der Waals surface area contributed by atoms with E-state index in [1.54, 1.807) is 12.1 Å². The average Bonchev–Trinajstić information content (AvgIpc) is 2.48. The molecule has 21 heavy (non-hydrogen) atoms. The number of carbonyl (C=O) groups is 2. The van der Waals surface area contributed by atoms with Gasteiger partial charge in [-0.15, -0.1) is 0 Å². The summed E-state index contributed by atoms with van der Waals surface area (Å²) in [5.41, 5.74) is 0.197. The van der Waals surface area contributed by atoms with Crippen LogP contribution >= 0.6 is 0 Å². The Morgan fingerprint density at radius 1 is 1.19 bits per heavy atom.